The Morgan fingerprint density at radius 2 is 1.89 bits per heavy atom. The molecule has 9 nitrogen and oxygen atoms in total. The summed E-state index contributed by atoms with van der Waals surface area (Å²) in [6.45, 7) is 7.00. The van der Waals surface area contributed by atoms with Crippen molar-refractivity contribution in [2.75, 3.05) is 5.32 Å². The van der Waals surface area contributed by atoms with Crippen molar-refractivity contribution >= 4 is 34.3 Å². The van der Waals surface area contributed by atoms with E-state index in [0.29, 0.717) is 34.3 Å². The molecule has 38 heavy (non-hydrogen) atoms. The number of halogens is 1. The van der Waals surface area contributed by atoms with E-state index in [1.165, 1.54) is 6.07 Å². The summed E-state index contributed by atoms with van der Waals surface area (Å²) in [5.74, 6) is -1.16. The number of anilines is 1. The second-order valence-corrected chi connectivity index (χ2v) is 10.0. The van der Waals surface area contributed by atoms with Crippen molar-refractivity contribution in [1.29, 1.82) is 0 Å². The van der Waals surface area contributed by atoms with E-state index in [4.69, 9.17) is 0 Å². The summed E-state index contributed by atoms with van der Waals surface area (Å²) < 4.78 is 16.0. The van der Waals surface area contributed by atoms with E-state index in [2.05, 4.69) is 25.4 Å². The summed E-state index contributed by atoms with van der Waals surface area (Å²) in [4.78, 5) is 52.2. The number of carbonyl (C=O) groups is 3. The number of rotatable bonds is 8. The third-order valence-corrected chi connectivity index (χ3v) is 6.98. The molecule has 10 heteroatoms. The van der Waals surface area contributed by atoms with Gasteiger partial charge in [0.15, 0.2) is 17.3 Å². The van der Waals surface area contributed by atoms with Gasteiger partial charge in [-0.25, -0.2) is 24.0 Å². The molecule has 4 heterocycles. The molecule has 0 radical (unpaired) electrons. The molecule has 194 valence electrons. The second-order valence-electron chi connectivity index (χ2n) is 10.0. The SMILES string of the molecule is CCC(=O)C(C)CC(=O)c1nc(-c2nn(Cc3ccccc3F)c3ncccc23)nc2c1C(C)(C)C(=O)N2. The number of carbonyl (C=O) groups excluding carboxylic acids is 3. The van der Waals surface area contributed by atoms with Gasteiger partial charge in [0.05, 0.1) is 17.3 Å². The molecule has 0 saturated carbocycles. The molecule has 5 rings (SSSR count). The molecule has 1 aliphatic heterocycles. The Balaban J connectivity index is 1.66. The predicted octanol–water partition coefficient (Wildman–Crippen LogP) is 4.49. The lowest BCUT2D eigenvalue weighted by Crippen LogP contribution is -2.29. The number of aromatic nitrogens is 5. The van der Waals surface area contributed by atoms with E-state index in [9.17, 15) is 18.8 Å². The molecule has 1 amide bonds. The highest BCUT2D eigenvalue weighted by Gasteiger charge is 2.44. The average molecular weight is 515 g/mol. The fourth-order valence-electron chi connectivity index (χ4n) is 4.74. The van der Waals surface area contributed by atoms with Crippen LogP contribution in [0, 0.1) is 11.7 Å². The van der Waals surface area contributed by atoms with Gasteiger partial charge in [-0.3, -0.25) is 14.4 Å². The fraction of sp³-hybridized carbons (Fsp3) is 0.321. The van der Waals surface area contributed by atoms with Gasteiger partial charge in [-0.1, -0.05) is 32.0 Å². The molecule has 0 aliphatic carbocycles. The third-order valence-electron chi connectivity index (χ3n) is 6.98. The van der Waals surface area contributed by atoms with Gasteiger partial charge in [0, 0.05) is 36.1 Å². The van der Waals surface area contributed by atoms with Crippen LogP contribution >= 0.6 is 0 Å². The van der Waals surface area contributed by atoms with Crippen LogP contribution in [0.15, 0.2) is 42.6 Å². The summed E-state index contributed by atoms with van der Waals surface area (Å²) in [6, 6.07) is 9.95. The Hall–Kier alpha value is -4.34. The highest BCUT2D eigenvalue weighted by molar-refractivity contribution is 6.10. The van der Waals surface area contributed by atoms with Crippen molar-refractivity contribution in [1.82, 2.24) is 24.7 Å². The number of amides is 1. The lowest BCUT2D eigenvalue weighted by atomic mass is 9.83. The molecule has 0 fully saturated rings. The molecule has 1 aliphatic rings. The Labute approximate surface area is 218 Å². The summed E-state index contributed by atoms with van der Waals surface area (Å²) in [6.07, 6.45) is 1.90. The van der Waals surface area contributed by atoms with Gasteiger partial charge in [-0.15, -0.1) is 0 Å². The van der Waals surface area contributed by atoms with Crippen LogP contribution < -0.4 is 5.32 Å². The average Bonchev–Trinajstić information content (AvgIpc) is 3.37. The first-order valence-electron chi connectivity index (χ1n) is 12.5. The summed E-state index contributed by atoms with van der Waals surface area (Å²) in [5.41, 5.74) is 0.728. The maximum atomic E-state index is 14.4. The fourth-order valence-corrected chi connectivity index (χ4v) is 4.74. The van der Waals surface area contributed by atoms with Gasteiger partial charge in [-0.2, -0.15) is 5.10 Å². The number of nitrogens with zero attached hydrogens (tertiary/aromatic N) is 5. The lowest BCUT2D eigenvalue weighted by molar-refractivity contribution is -0.122. The van der Waals surface area contributed by atoms with E-state index in [1.807, 2.05) is 0 Å². The van der Waals surface area contributed by atoms with Crippen LogP contribution in [0.4, 0.5) is 10.2 Å². The van der Waals surface area contributed by atoms with Gasteiger partial charge in [0.25, 0.3) is 0 Å². The molecule has 0 bridgehead atoms. The first-order valence-corrected chi connectivity index (χ1v) is 12.5. The van der Waals surface area contributed by atoms with Gasteiger partial charge < -0.3 is 5.32 Å². The van der Waals surface area contributed by atoms with Crippen molar-refractivity contribution < 1.29 is 18.8 Å². The minimum atomic E-state index is -1.04. The summed E-state index contributed by atoms with van der Waals surface area (Å²) in [7, 11) is 0. The molecular formula is C28H27FN6O3. The van der Waals surface area contributed by atoms with E-state index in [-0.39, 0.29) is 53.6 Å². The lowest BCUT2D eigenvalue weighted by Gasteiger charge is -2.18. The van der Waals surface area contributed by atoms with Crippen LogP contribution in [-0.2, 0) is 21.5 Å². The zero-order valence-corrected chi connectivity index (χ0v) is 21.6. The Morgan fingerprint density at radius 3 is 2.63 bits per heavy atom. The second kappa shape index (κ2) is 9.51. The van der Waals surface area contributed by atoms with E-state index < -0.39 is 11.3 Å². The molecule has 1 unspecified atom stereocenters. The van der Waals surface area contributed by atoms with Crippen LogP contribution in [-0.4, -0.2) is 42.2 Å². The maximum absolute atomic E-state index is 14.4. The molecule has 4 aromatic rings. The smallest absolute Gasteiger partial charge is 0.235 e. The Kier molecular flexibility index (Phi) is 6.34. The van der Waals surface area contributed by atoms with Crippen LogP contribution in [0.2, 0.25) is 0 Å². The zero-order chi connectivity index (χ0) is 27.2. The Bertz CT molecular complexity index is 1610. The van der Waals surface area contributed by atoms with E-state index >= 15 is 0 Å². The minimum absolute atomic E-state index is 0.0262. The van der Waals surface area contributed by atoms with Crippen molar-refractivity contribution in [2.45, 2.75) is 52.5 Å². The minimum Gasteiger partial charge on any atom is -0.310 e. The Morgan fingerprint density at radius 1 is 1.13 bits per heavy atom. The number of pyridine rings is 1. The standard InChI is InChI=1S/C28H27FN6O3/c1-5-19(36)15(2)13-20(37)23-21-24(33-27(38)28(21,3)4)32-25(31-23)22-17-10-8-12-30-26(17)35(34-22)14-16-9-6-7-11-18(16)29/h6-12,15H,5,13-14H2,1-4H3,(H,31,32,33,38). The van der Waals surface area contributed by atoms with Crippen LogP contribution in [0.3, 0.4) is 0 Å². The summed E-state index contributed by atoms with van der Waals surface area (Å²) >= 11 is 0. The predicted molar refractivity (Wildman–Crippen MR) is 139 cm³/mol. The molecule has 1 atom stereocenters. The normalized spacial score (nSPS) is 14.8. The van der Waals surface area contributed by atoms with Gasteiger partial charge in [-0.05, 0) is 32.0 Å². The quantitative estimate of drug-likeness (QED) is 0.344. The first kappa shape index (κ1) is 25.3. The number of fused-ring (bicyclic) bond motifs is 2. The molecule has 1 N–H and O–H groups in total. The number of benzene rings is 1. The topological polar surface area (TPSA) is 120 Å². The highest BCUT2D eigenvalue weighted by atomic mass is 19.1. The van der Waals surface area contributed by atoms with E-state index in [0.717, 1.165) is 0 Å². The number of nitrogens with one attached hydrogen (secondary N) is 1. The van der Waals surface area contributed by atoms with Crippen molar-refractivity contribution in [3.8, 4) is 11.5 Å². The van der Waals surface area contributed by atoms with Crippen LogP contribution in [0.25, 0.3) is 22.6 Å². The van der Waals surface area contributed by atoms with E-state index in [1.54, 1.807) is 68.9 Å². The van der Waals surface area contributed by atoms with Gasteiger partial charge in [0.2, 0.25) is 5.91 Å². The first-order chi connectivity index (χ1) is 18.1. The number of Topliss-reactive ketones (excluding diaryl/α,β-unsaturated/α-hetero) is 2. The van der Waals surface area contributed by atoms with Gasteiger partial charge in [0.1, 0.15) is 28.8 Å². The number of hydrogen-bond acceptors (Lipinski definition) is 7. The zero-order valence-electron chi connectivity index (χ0n) is 21.6. The third kappa shape index (κ3) is 4.25. The molecular weight excluding hydrogens is 487 g/mol. The highest BCUT2D eigenvalue weighted by Crippen LogP contribution is 2.40. The van der Waals surface area contributed by atoms with Crippen LogP contribution in [0.5, 0.6) is 0 Å². The molecule has 0 saturated heterocycles. The number of hydrogen-bond donors (Lipinski definition) is 1. The van der Waals surface area contributed by atoms with Crippen molar-refractivity contribution in [3.05, 3.63) is 65.2 Å². The van der Waals surface area contributed by atoms with Crippen molar-refractivity contribution in [2.24, 2.45) is 5.92 Å². The molecule has 0 spiro atoms. The number of ketones is 2. The summed E-state index contributed by atoms with van der Waals surface area (Å²) in [5, 5.41) is 8.05. The van der Waals surface area contributed by atoms with Crippen LogP contribution in [0.1, 0.15) is 62.2 Å². The molecule has 3 aromatic heterocycles. The van der Waals surface area contributed by atoms with Gasteiger partial charge >= 0.3 is 0 Å². The van der Waals surface area contributed by atoms with Crippen molar-refractivity contribution in [3.63, 3.8) is 0 Å². The largest absolute Gasteiger partial charge is 0.310 e. The maximum Gasteiger partial charge on any atom is 0.235 e. The molecule has 1 aromatic carbocycles. The monoisotopic (exact) mass is 514 g/mol.